The maximum atomic E-state index is 14.2. The van der Waals surface area contributed by atoms with E-state index in [0.717, 1.165) is 40.4 Å². The first-order valence-electron chi connectivity index (χ1n) is 11.9. The van der Waals surface area contributed by atoms with Crippen LogP contribution in [-0.4, -0.2) is 45.2 Å². The minimum atomic E-state index is -4.63. The number of halogens is 4. The van der Waals surface area contributed by atoms with E-state index in [9.17, 15) is 18.0 Å². The molecule has 0 spiro atoms. The first-order chi connectivity index (χ1) is 17.6. The van der Waals surface area contributed by atoms with Gasteiger partial charge in [0.2, 0.25) is 5.91 Å². The fourth-order valence-corrected chi connectivity index (χ4v) is 5.08. The van der Waals surface area contributed by atoms with Gasteiger partial charge in [-0.3, -0.25) is 4.79 Å². The van der Waals surface area contributed by atoms with Crippen molar-refractivity contribution in [2.45, 2.75) is 38.4 Å². The number of hydrogen-bond donors (Lipinski definition) is 0. The van der Waals surface area contributed by atoms with Crippen molar-refractivity contribution < 1.29 is 18.0 Å². The van der Waals surface area contributed by atoms with Gasteiger partial charge in [-0.1, -0.05) is 48.0 Å². The zero-order valence-electron chi connectivity index (χ0n) is 20.3. The van der Waals surface area contributed by atoms with Crippen LogP contribution in [0.2, 0.25) is 5.15 Å². The van der Waals surface area contributed by atoms with Gasteiger partial charge in [0.05, 0.1) is 24.0 Å². The van der Waals surface area contributed by atoms with E-state index >= 15 is 0 Å². The molecule has 0 aliphatic carbocycles. The molecule has 1 aliphatic heterocycles. The highest BCUT2D eigenvalue weighted by molar-refractivity contribution is 6.29. The Balaban J connectivity index is 1.42. The van der Waals surface area contributed by atoms with Gasteiger partial charge >= 0.3 is 6.18 Å². The average molecular weight is 528 g/mol. The van der Waals surface area contributed by atoms with Crippen LogP contribution in [0.5, 0.6) is 0 Å². The Labute approximate surface area is 217 Å². The molecule has 0 radical (unpaired) electrons. The van der Waals surface area contributed by atoms with Crippen LogP contribution in [0.3, 0.4) is 0 Å². The fourth-order valence-electron chi connectivity index (χ4n) is 4.91. The van der Waals surface area contributed by atoms with E-state index in [1.807, 2.05) is 24.0 Å². The summed E-state index contributed by atoms with van der Waals surface area (Å²) in [7, 11) is 1.21. The van der Waals surface area contributed by atoms with Crippen LogP contribution in [-0.2, 0) is 17.6 Å². The van der Waals surface area contributed by atoms with Gasteiger partial charge in [-0.25, -0.2) is 9.50 Å². The standard InChI is InChI=1S/C27H25ClF3N5O/c1-17-6-3-4-7-19(17)14-25(37)34(2)26(27(29,30)31)18-9-11-20(12-10-18)35-13-5-8-21-22(35)16-32-24-15-23(28)33-36(21)24/h3-4,6-7,9-12,15-16,26H,5,8,13-14H2,1-2H3/t26-/m0/s1. The van der Waals surface area contributed by atoms with Crippen molar-refractivity contribution in [2.24, 2.45) is 0 Å². The minimum absolute atomic E-state index is 0.00144. The van der Waals surface area contributed by atoms with Gasteiger partial charge in [0.15, 0.2) is 16.8 Å². The number of hydrogen-bond acceptors (Lipinski definition) is 4. The van der Waals surface area contributed by atoms with Gasteiger partial charge in [-0.05, 0) is 48.6 Å². The molecular formula is C27H25ClF3N5O. The molecule has 4 aromatic rings. The van der Waals surface area contributed by atoms with Crippen molar-refractivity contribution in [3.8, 4) is 0 Å². The number of carbonyl (C=O) groups is 1. The van der Waals surface area contributed by atoms with E-state index in [4.69, 9.17) is 11.6 Å². The van der Waals surface area contributed by atoms with Crippen molar-refractivity contribution in [1.29, 1.82) is 0 Å². The predicted octanol–water partition coefficient (Wildman–Crippen LogP) is 6.08. The number of alkyl halides is 3. The third-order valence-corrected chi connectivity index (χ3v) is 7.02. The molecule has 0 saturated heterocycles. The second-order valence-electron chi connectivity index (χ2n) is 9.23. The van der Waals surface area contributed by atoms with E-state index in [1.54, 1.807) is 41.0 Å². The van der Waals surface area contributed by atoms with Crippen LogP contribution in [0.4, 0.5) is 24.5 Å². The molecule has 0 fully saturated rings. The Bertz CT molecular complexity index is 1450. The first kappa shape index (κ1) is 25.1. The number of aryl methyl sites for hydroxylation is 2. The molecule has 2 aromatic heterocycles. The summed E-state index contributed by atoms with van der Waals surface area (Å²) < 4.78 is 44.3. The third-order valence-electron chi connectivity index (χ3n) is 6.83. The molecular weight excluding hydrogens is 503 g/mol. The van der Waals surface area contributed by atoms with Crippen LogP contribution in [0, 0.1) is 6.92 Å². The number of carbonyl (C=O) groups excluding carboxylic acids is 1. The molecule has 6 nitrogen and oxygen atoms in total. The van der Waals surface area contributed by atoms with E-state index < -0.39 is 18.1 Å². The summed E-state index contributed by atoms with van der Waals surface area (Å²) in [6.45, 7) is 2.52. The summed E-state index contributed by atoms with van der Waals surface area (Å²) in [5.74, 6) is -0.598. The van der Waals surface area contributed by atoms with Crippen LogP contribution in [0.25, 0.3) is 5.65 Å². The van der Waals surface area contributed by atoms with Crippen LogP contribution < -0.4 is 4.90 Å². The Morgan fingerprint density at radius 2 is 1.89 bits per heavy atom. The monoisotopic (exact) mass is 527 g/mol. The summed E-state index contributed by atoms with van der Waals surface area (Å²) >= 11 is 6.06. The van der Waals surface area contributed by atoms with Crippen molar-refractivity contribution >= 4 is 34.5 Å². The number of rotatable bonds is 5. The van der Waals surface area contributed by atoms with E-state index in [0.29, 0.717) is 22.9 Å². The molecule has 10 heteroatoms. The molecule has 0 saturated carbocycles. The van der Waals surface area contributed by atoms with Gasteiger partial charge in [0, 0.05) is 25.3 Å². The number of nitrogens with zero attached hydrogens (tertiary/aromatic N) is 5. The summed E-state index contributed by atoms with van der Waals surface area (Å²) in [4.78, 5) is 20.1. The highest BCUT2D eigenvalue weighted by Crippen LogP contribution is 2.39. The zero-order chi connectivity index (χ0) is 26.3. The number of aromatic nitrogens is 3. The maximum Gasteiger partial charge on any atom is 0.413 e. The Morgan fingerprint density at radius 1 is 1.16 bits per heavy atom. The van der Waals surface area contributed by atoms with Gasteiger partial charge in [0.1, 0.15) is 0 Å². The van der Waals surface area contributed by atoms with Crippen LogP contribution >= 0.6 is 11.6 Å². The Morgan fingerprint density at radius 3 is 2.59 bits per heavy atom. The number of anilines is 2. The first-order valence-corrected chi connectivity index (χ1v) is 12.3. The maximum absolute atomic E-state index is 14.2. The molecule has 0 unspecified atom stereocenters. The summed E-state index contributed by atoms with van der Waals surface area (Å²) in [6.07, 6.45) is -1.37. The average Bonchev–Trinajstić information content (AvgIpc) is 3.25. The number of benzene rings is 2. The molecule has 3 heterocycles. The van der Waals surface area contributed by atoms with Crippen LogP contribution in [0.1, 0.15) is 34.8 Å². The quantitative estimate of drug-likeness (QED) is 0.316. The zero-order valence-corrected chi connectivity index (χ0v) is 21.1. The second-order valence-corrected chi connectivity index (χ2v) is 9.61. The normalized spacial score (nSPS) is 14.5. The second kappa shape index (κ2) is 9.70. The molecule has 1 atom stereocenters. The largest absolute Gasteiger partial charge is 0.413 e. The van der Waals surface area contributed by atoms with Crippen molar-refractivity contribution in [1.82, 2.24) is 19.5 Å². The predicted molar refractivity (Wildman–Crippen MR) is 136 cm³/mol. The topological polar surface area (TPSA) is 53.7 Å². The minimum Gasteiger partial charge on any atom is -0.339 e. The lowest BCUT2D eigenvalue weighted by Crippen LogP contribution is -2.40. The molecule has 37 heavy (non-hydrogen) atoms. The van der Waals surface area contributed by atoms with Gasteiger partial charge < -0.3 is 9.80 Å². The fraction of sp³-hybridized carbons (Fsp3) is 0.296. The van der Waals surface area contributed by atoms with Crippen molar-refractivity contribution in [3.05, 3.63) is 88.3 Å². The van der Waals surface area contributed by atoms with Crippen molar-refractivity contribution in [2.75, 3.05) is 18.5 Å². The lowest BCUT2D eigenvalue weighted by molar-refractivity contribution is -0.188. The Hall–Kier alpha value is -3.59. The highest BCUT2D eigenvalue weighted by Gasteiger charge is 2.45. The molecule has 2 aromatic carbocycles. The van der Waals surface area contributed by atoms with Gasteiger partial charge in [-0.15, -0.1) is 0 Å². The van der Waals surface area contributed by atoms with Crippen LogP contribution in [0.15, 0.2) is 60.8 Å². The molecule has 1 aliphatic rings. The number of likely N-dealkylation sites (N-methyl/N-ethyl adjacent to an activating group) is 1. The number of amides is 1. The molecule has 0 N–H and O–H groups in total. The van der Waals surface area contributed by atoms with Gasteiger partial charge in [-0.2, -0.15) is 18.3 Å². The molecule has 192 valence electrons. The Kier molecular flexibility index (Phi) is 6.58. The molecule has 1 amide bonds. The van der Waals surface area contributed by atoms with Gasteiger partial charge in [0.25, 0.3) is 0 Å². The highest BCUT2D eigenvalue weighted by atomic mass is 35.5. The summed E-state index contributed by atoms with van der Waals surface area (Å²) in [6, 6.07) is 13.0. The molecule has 5 rings (SSSR count). The number of fused-ring (bicyclic) bond motifs is 3. The van der Waals surface area contributed by atoms with Crippen molar-refractivity contribution in [3.63, 3.8) is 0 Å². The summed E-state index contributed by atoms with van der Waals surface area (Å²) in [5, 5.41) is 4.67. The van der Waals surface area contributed by atoms with E-state index in [2.05, 4.69) is 10.1 Å². The smallest absolute Gasteiger partial charge is 0.339 e. The lowest BCUT2D eigenvalue weighted by Gasteiger charge is -2.33. The summed E-state index contributed by atoms with van der Waals surface area (Å²) in [5.41, 5.74) is 4.74. The SMILES string of the molecule is Cc1ccccc1CC(=O)N(C)[C@@H](c1ccc(N2CCCc3c2cnc2cc(Cl)nn32)cc1)C(F)(F)F. The third kappa shape index (κ3) is 4.87. The lowest BCUT2D eigenvalue weighted by atomic mass is 10.0. The van der Waals surface area contributed by atoms with E-state index in [-0.39, 0.29) is 12.0 Å². The molecule has 0 bridgehead atoms. The van der Waals surface area contributed by atoms with E-state index in [1.165, 1.54) is 19.2 Å².